The van der Waals surface area contributed by atoms with Gasteiger partial charge in [0.05, 0.1) is 18.2 Å². The van der Waals surface area contributed by atoms with E-state index in [4.69, 9.17) is 5.11 Å². The molecule has 4 heteroatoms. The number of aliphatic hydroxyl groups is 1. The van der Waals surface area contributed by atoms with Crippen molar-refractivity contribution in [1.29, 1.82) is 0 Å². The molecule has 0 amide bonds. The average Bonchev–Trinajstić information content (AvgIpc) is 2.36. The van der Waals surface area contributed by atoms with Crippen molar-refractivity contribution in [3.63, 3.8) is 0 Å². The largest absolute Gasteiger partial charge is 0.394 e. The van der Waals surface area contributed by atoms with Gasteiger partial charge in [-0.3, -0.25) is 0 Å². The predicted molar refractivity (Wildman–Crippen MR) is 64.3 cm³/mol. The molecule has 0 spiro atoms. The van der Waals surface area contributed by atoms with Crippen LogP contribution in [0.5, 0.6) is 0 Å². The van der Waals surface area contributed by atoms with Gasteiger partial charge in [-0.15, -0.1) is 0 Å². The first-order valence-corrected chi connectivity index (χ1v) is 5.42. The first-order valence-electron chi connectivity index (χ1n) is 5.42. The van der Waals surface area contributed by atoms with Gasteiger partial charge in [-0.05, 0) is 18.6 Å². The highest BCUT2D eigenvalue weighted by Crippen LogP contribution is 2.19. The first-order chi connectivity index (χ1) is 7.85. The van der Waals surface area contributed by atoms with E-state index in [1.165, 1.54) is 6.33 Å². The van der Waals surface area contributed by atoms with Crippen molar-refractivity contribution in [3.05, 3.63) is 30.6 Å². The molecule has 16 heavy (non-hydrogen) atoms. The molecule has 0 aliphatic carbocycles. The van der Waals surface area contributed by atoms with E-state index in [2.05, 4.69) is 15.3 Å². The molecule has 0 aliphatic rings. The summed E-state index contributed by atoms with van der Waals surface area (Å²) in [5.74, 6) is 0.784. The van der Waals surface area contributed by atoms with Crippen LogP contribution in [0, 0.1) is 0 Å². The number of rotatable bonds is 4. The SMILES string of the molecule is CCC(CO)Nc1ncnc2ccccc12. The molecule has 1 aromatic heterocycles. The maximum atomic E-state index is 9.15. The van der Waals surface area contributed by atoms with Crippen molar-refractivity contribution in [2.24, 2.45) is 0 Å². The number of hydrogen-bond acceptors (Lipinski definition) is 4. The summed E-state index contributed by atoms with van der Waals surface area (Å²) in [4.78, 5) is 8.40. The smallest absolute Gasteiger partial charge is 0.137 e. The minimum absolute atomic E-state index is 0.0401. The highest BCUT2D eigenvalue weighted by atomic mass is 16.3. The number of anilines is 1. The molecule has 1 atom stereocenters. The summed E-state index contributed by atoms with van der Waals surface area (Å²) in [6.45, 7) is 2.13. The lowest BCUT2D eigenvalue weighted by Gasteiger charge is -2.15. The highest BCUT2D eigenvalue weighted by molar-refractivity contribution is 5.88. The second-order valence-corrected chi connectivity index (χ2v) is 3.67. The van der Waals surface area contributed by atoms with Gasteiger partial charge < -0.3 is 10.4 Å². The number of aromatic nitrogens is 2. The fraction of sp³-hybridized carbons (Fsp3) is 0.333. The van der Waals surface area contributed by atoms with E-state index in [-0.39, 0.29) is 12.6 Å². The van der Waals surface area contributed by atoms with Gasteiger partial charge in [0.15, 0.2) is 0 Å². The van der Waals surface area contributed by atoms with Crippen LogP contribution in [0.25, 0.3) is 10.9 Å². The number of aliphatic hydroxyl groups excluding tert-OH is 1. The van der Waals surface area contributed by atoms with E-state index in [0.717, 1.165) is 23.1 Å². The van der Waals surface area contributed by atoms with Crippen LogP contribution in [0.15, 0.2) is 30.6 Å². The van der Waals surface area contributed by atoms with Crippen LogP contribution in [0.4, 0.5) is 5.82 Å². The maximum Gasteiger partial charge on any atom is 0.137 e. The van der Waals surface area contributed by atoms with Crippen molar-refractivity contribution in [1.82, 2.24) is 9.97 Å². The third-order valence-electron chi connectivity index (χ3n) is 2.60. The number of nitrogens with one attached hydrogen (secondary N) is 1. The quantitative estimate of drug-likeness (QED) is 0.820. The van der Waals surface area contributed by atoms with Crippen molar-refractivity contribution in [2.75, 3.05) is 11.9 Å². The Kier molecular flexibility index (Phi) is 3.31. The molecule has 1 aromatic carbocycles. The molecule has 1 unspecified atom stereocenters. The summed E-state index contributed by atoms with van der Waals surface area (Å²) in [5.41, 5.74) is 0.910. The van der Waals surface area contributed by atoms with Crippen LogP contribution in [-0.2, 0) is 0 Å². The minimum Gasteiger partial charge on any atom is -0.394 e. The zero-order chi connectivity index (χ0) is 11.4. The van der Waals surface area contributed by atoms with E-state index in [0.29, 0.717) is 0 Å². The molecule has 2 N–H and O–H groups in total. The molecule has 0 bridgehead atoms. The summed E-state index contributed by atoms with van der Waals surface area (Å²) < 4.78 is 0. The third kappa shape index (κ3) is 2.12. The Hall–Kier alpha value is -1.68. The second kappa shape index (κ2) is 4.90. The zero-order valence-electron chi connectivity index (χ0n) is 9.22. The van der Waals surface area contributed by atoms with Crippen LogP contribution in [0.3, 0.4) is 0 Å². The second-order valence-electron chi connectivity index (χ2n) is 3.67. The maximum absolute atomic E-state index is 9.15. The van der Waals surface area contributed by atoms with E-state index in [9.17, 15) is 0 Å². The standard InChI is InChI=1S/C12H15N3O/c1-2-9(7-16)15-12-10-5-3-4-6-11(10)13-8-14-12/h3-6,8-9,16H,2,7H2,1H3,(H,13,14,15). The number of para-hydroxylation sites is 1. The van der Waals surface area contributed by atoms with Gasteiger partial charge in [-0.2, -0.15) is 0 Å². The molecular weight excluding hydrogens is 202 g/mol. The van der Waals surface area contributed by atoms with Crippen LogP contribution in [0.1, 0.15) is 13.3 Å². The number of fused-ring (bicyclic) bond motifs is 1. The summed E-state index contributed by atoms with van der Waals surface area (Å²) in [6, 6.07) is 7.86. The Bertz CT molecular complexity index is 463. The van der Waals surface area contributed by atoms with Crippen molar-refractivity contribution >= 4 is 16.7 Å². The third-order valence-corrected chi connectivity index (χ3v) is 2.60. The molecule has 0 saturated heterocycles. The van der Waals surface area contributed by atoms with Crippen LogP contribution in [0.2, 0.25) is 0 Å². The van der Waals surface area contributed by atoms with Gasteiger partial charge in [0, 0.05) is 5.39 Å². The Morgan fingerprint density at radius 3 is 2.88 bits per heavy atom. The van der Waals surface area contributed by atoms with E-state index in [1.54, 1.807) is 0 Å². The van der Waals surface area contributed by atoms with Gasteiger partial charge in [0.2, 0.25) is 0 Å². The van der Waals surface area contributed by atoms with Gasteiger partial charge in [-0.25, -0.2) is 9.97 Å². The number of nitrogens with zero attached hydrogens (tertiary/aromatic N) is 2. The van der Waals surface area contributed by atoms with E-state index in [1.807, 2.05) is 31.2 Å². The first kappa shape index (κ1) is 10.8. The van der Waals surface area contributed by atoms with Gasteiger partial charge in [0.25, 0.3) is 0 Å². The summed E-state index contributed by atoms with van der Waals surface area (Å²) in [6.07, 6.45) is 2.39. The molecule has 84 valence electrons. The van der Waals surface area contributed by atoms with Crippen LogP contribution < -0.4 is 5.32 Å². The topological polar surface area (TPSA) is 58.0 Å². The molecule has 2 rings (SSSR count). The van der Waals surface area contributed by atoms with E-state index < -0.39 is 0 Å². The number of benzene rings is 1. The van der Waals surface area contributed by atoms with Crippen molar-refractivity contribution < 1.29 is 5.11 Å². The Balaban J connectivity index is 2.36. The summed E-state index contributed by atoms with van der Waals surface area (Å²) >= 11 is 0. The van der Waals surface area contributed by atoms with Crippen molar-refractivity contribution in [3.8, 4) is 0 Å². The normalized spacial score (nSPS) is 12.6. The molecule has 0 saturated carbocycles. The fourth-order valence-corrected chi connectivity index (χ4v) is 1.59. The summed E-state index contributed by atoms with van der Waals surface area (Å²) in [5, 5.41) is 13.4. The molecule has 0 aliphatic heterocycles. The molecule has 1 heterocycles. The van der Waals surface area contributed by atoms with Gasteiger partial charge in [-0.1, -0.05) is 19.1 Å². The molecular formula is C12H15N3O. The van der Waals surface area contributed by atoms with Gasteiger partial charge in [0.1, 0.15) is 12.1 Å². The van der Waals surface area contributed by atoms with Crippen LogP contribution in [-0.4, -0.2) is 27.7 Å². The lowest BCUT2D eigenvalue weighted by Crippen LogP contribution is -2.23. The molecule has 0 radical (unpaired) electrons. The lowest BCUT2D eigenvalue weighted by molar-refractivity contribution is 0.271. The van der Waals surface area contributed by atoms with Crippen molar-refractivity contribution in [2.45, 2.75) is 19.4 Å². The monoisotopic (exact) mass is 217 g/mol. The Labute approximate surface area is 94.4 Å². The lowest BCUT2D eigenvalue weighted by atomic mass is 10.2. The summed E-state index contributed by atoms with van der Waals surface area (Å²) in [7, 11) is 0. The minimum atomic E-state index is 0.0401. The highest BCUT2D eigenvalue weighted by Gasteiger charge is 2.07. The Morgan fingerprint density at radius 1 is 1.31 bits per heavy atom. The molecule has 2 aromatic rings. The van der Waals surface area contributed by atoms with Gasteiger partial charge >= 0.3 is 0 Å². The predicted octanol–water partition coefficient (Wildman–Crippen LogP) is 1.81. The molecule has 4 nitrogen and oxygen atoms in total. The fourth-order valence-electron chi connectivity index (χ4n) is 1.59. The zero-order valence-corrected chi connectivity index (χ0v) is 9.22. The Morgan fingerprint density at radius 2 is 2.12 bits per heavy atom. The number of hydrogen-bond donors (Lipinski definition) is 2. The van der Waals surface area contributed by atoms with E-state index >= 15 is 0 Å². The molecule has 0 fully saturated rings. The van der Waals surface area contributed by atoms with Crippen LogP contribution >= 0.6 is 0 Å². The average molecular weight is 217 g/mol.